The molecule has 7 heteroatoms. The van der Waals surface area contributed by atoms with Crippen molar-refractivity contribution in [3.05, 3.63) is 36.0 Å². The summed E-state index contributed by atoms with van der Waals surface area (Å²) in [7, 11) is 0. The summed E-state index contributed by atoms with van der Waals surface area (Å²) in [6, 6.07) is 11.4. The molecular weight excluding hydrogens is 318 g/mol. The molecule has 1 aliphatic heterocycles. The summed E-state index contributed by atoms with van der Waals surface area (Å²) >= 11 is 0. The van der Waals surface area contributed by atoms with Gasteiger partial charge in [0.25, 0.3) is 5.91 Å². The van der Waals surface area contributed by atoms with Gasteiger partial charge in [0.05, 0.1) is 29.8 Å². The van der Waals surface area contributed by atoms with Crippen molar-refractivity contribution in [2.45, 2.75) is 19.1 Å². The second-order valence-corrected chi connectivity index (χ2v) is 5.86. The van der Waals surface area contributed by atoms with Crippen molar-refractivity contribution in [1.82, 2.24) is 10.3 Å². The fraction of sp³-hybridized carbons (Fsp3) is 0.333. The van der Waals surface area contributed by atoms with Gasteiger partial charge in [-0.1, -0.05) is 0 Å². The van der Waals surface area contributed by atoms with E-state index in [4.69, 9.17) is 10.00 Å². The van der Waals surface area contributed by atoms with E-state index in [-0.39, 0.29) is 18.6 Å². The van der Waals surface area contributed by atoms with E-state index < -0.39 is 6.10 Å². The number of carbonyl (C=O) groups excluding carboxylic acids is 1. The number of nitrogens with one attached hydrogen (secondary N) is 1. The Hall–Kier alpha value is -3.16. The number of hydrogen-bond acceptors (Lipinski definition) is 6. The number of aromatic nitrogens is 1. The highest BCUT2D eigenvalue weighted by molar-refractivity contribution is 5.95. The largest absolute Gasteiger partial charge is 0.365 e. The van der Waals surface area contributed by atoms with Crippen molar-refractivity contribution in [2.75, 3.05) is 24.5 Å². The zero-order valence-electron chi connectivity index (χ0n) is 13.8. The van der Waals surface area contributed by atoms with E-state index >= 15 is 0 Å². The molecule has 1 aliphatic rings. The molecule has 1 amide bonds. The molecule has 1 saturated heterocycles. The Morgan fingerprint density at radius 1 is 1.40 bits per heavy atom. The molecule has 0 radical (unpaired) electrons. The van der Waals surface area contributed by atoms with Gasteiger partial charge in [0, 0.05) is 23.8 Å². The molecule has 0 spiro atoms. The van der Waals surface area contributed by atoms with Crippen LogP contribution in [0.5, 0.6) is 0 Å². The maximum Gasteiger partial charge on any atom is 0.251 e. The van der Waals surface area contributed by atoms with Gasteiger partial charge in [-0.05, 0) is 31.2 Å². The lowest BCUT2D eigenvalue weighted by Crippen LogP contribution is -2.53. The number of nitrogens with zero attached hydrogens (tertiary/aromatic N) is 4. The second-order valence-electron chi connectivity index (χ2n) is 5.86. The number of amides is 1. The Kier molecular flexibility index (Phi) is 4.78. The summed E-state index contributed by atoms with van der Waals surface area (Å²) in [5.41, 5.74) is 2.08. The van der Waals surface area contributed by atoms with Crippen molar-refractivity contribution >= 4 is 22.5 Å². The molecule has 2 atom stereocenters. The van der Waals surface area contributed by atoms with Crippen LogP contribution in [0.25, 0.3) is 10.9 Å². The maximum atomic E-state index is 12.2. The van der Waals surface area contributed by atoms with Gasteiger partial charge in [-0.2, -0.15) is 10.5 Å². The first-order valence-corrected chi connectivity index (χ1v) is 7.97. The summed E-state index contributed by atoms with van der Waals surface area (Å²) in [5, 5.41) is 21.3. The number of carbonyl (C=O) groups is 1. The Labute approximate surface area is 145 Å². The molecule has 2 aromatic rings. The Morgan fingerprint density at radius 3 is 3.00 bits per heavy atom. The van der Waals surface area contributed by atoms with Crippen LogP contribution in [0.15, 0.2) is 30.5 Å². The average molecular weight is 335 g/mol. The lowest BCUT2D eigenvalue weighted by Gasteiger charge is -2.37. The smallest absolute Gasteiger partial charge is 0.251 e. The third-order valence-corrected chi connectivity index (χ3v) is 4.10. The third-order valence-electron chi connectivity index (χ3n) is 4.10. The van der Waals surface area contributed by atoms with E-state index in [1.54, 1.807) is 12.3 Å². The molecule has 2 heterocycles. The number of pyridine rings is 1. The van der Waals surface area contributed by atoms with Gasteiger partial charge in [-0.25, -0.2) is 0 Å². The van der Waals surface area contributed by atoms with Crippen molar-refractivity contribution < 1.29 is 9.53 Å². The van der Waals surface area contributed by atoms with Gasteiger partial charge in [-0.15, -0.1) is 0 Å². The minimum atomic E-state index is -0.653. The molecule has 0 saturated carbocycles. The van der Waals surface area contributed by atoms with E-state index in [1.807, 2.05) is 31.2 Å². The van der Waals surface area contributed by atoms with Crippen molar-refractivity contribution in [3.63, 3.8) is 0 Å². The topological polar surface area (TPSA) is 102 Å². The van der Waals surface area contributed by atoms with Gasteiger partial charge in [0.2, 0.25) is 0 Å². The number of hydrogen-bond donors (Lipinski definition) is 1. The van der Waals surface area contributed by atoms with Crippen LogP contribution in [0.1, 0.15) is 12.5 Å². The van der Waals surface area contributed by atoms with E-state index in [0.717, 1.165) is 11.1 Å². The summed E-state index contributed by atoms with van der Waals surface area (Å²) in [6.07, 6.45) is 0.862. The highest BCUT2D eigenvalue weighted by Crippen LogP contribution is 2.30. The molecule has 25 heavy (non-hydrogen) atoms. The van der Waals surface area contributed by atoms with E-state index in [1.165, 1.54) is 0 Å². The van der Waals surface area contributed by atoms with Crippen LogP contribution in [0.3, 0.4) is 0 Å². The van der Waals surface area contributed by atoms with Crippen LogP contribution < -0.4 is 10.2 Å². The number of nitriles is 2. The predicted molar refractivity (Wildman–Crippen MR) is 91.6 cm³/mol. The Morgan fingerprint density at radius 2 is 2.24 bits per heavy atom. The van der Waals surface area contributed by atoms with Crippen molar-refractivity contribution in [1.29, 1.82) is 10.5 Å². The molecule has 1 N–H and O–H groups in total. The van der Waals surface area contributed by atoms with E-state index in [0.29, 0.717) is 24.2 Å². The quantitative estimate of drug-likeness (QED) is 0.849. The second kappa shape index (κ2) is 7.16. The zero-order valence-corrected chi connectivity index (χ0v) is 13.8. The van der Waals surface area contributed by atoms with Crippen LogP contribution in [0, 0.1) is 22.7 Å². The molecule has 0 unspecified atom stereocenters. The standard InChI is InChI=1S/C18H17N5O2/c1-12-10-23(11-16(25-12)18(24)22-8-6-19)15-5-4-13(9-20)17-14(15)3-2-7-21-17/h2-5,7,12,16H,8,10-11H2,1H3,(H,22,24)/t12-,16-/m1/s1. The van der Waals surface area contributed by atoms with Crippen LogP contribution in [0.4, 0.5) is 5.69 Å². The Balaban J connectivity index is 1.94. The molecule has 1 aromatic heterocycles. The third kappa shape index (κ3) is 3.37. The summed E-state index contributed by atoms with van der Waals surface area (Å²) in [4.78, 5) is 18.6. The number of rotatable bonds is 3. The zero-order chi connectivity index (χ0) is 17.8. The molecule has 1 fully saturated rings. The minimum Gasteiger partial charge on any atom is -0.365 e. The Bertz CT molecular complexity index is 883. The number of fused-ring (bicyclic) bond motifs is 1. The average Bonchev–Trinajstić information content (AvgIpc) is 2.64. The predicted octanol–water partition coefficient (Wildman–Crippen LogP) is 1.34. The lowest BCUT2D eigenvalue weighted by atomic mass is 10.1. The molecule has 126 valence electrons. The summed E-state index contributed by atoms with van der Waals surface area (Å²) in [5.74, 6) is -0.297. The number of anilines is 1. The van der Waals surface area contributed by atoms with Crippen LogP contribution >= 0.6 is 0 Å². The van der Waals surface area contributed by atoms with E-state index in [2.05, 4.69) is 21.3 Å². The van der Waals surface area contributed by atoms with Gasteiger partial charge in [-0.3, -0.25) is 9.78 Å². The van der Waals surface area contributed by atoms with Gasteiger partial charge in [0.15, 0.2) is 6.10 Å². The lowest BCUT2D eigenvalue weighted by molar-refractivity contribution is -0.137. The molecule has 7 nitrogen and oxygen atoms in total. The first-order chi connectivity index (χ1) is 12.1. The van der Waals surface area contributed by atoms with Crippen LogP contribution in [-0.4, -0.2) is 42.7 Å². The SMILES string of the molecule is C[C@@H]1CN(c2ccc(C#N)c3ncccc23)C[C@H](C(=O)NCC#N)O1. The van der Waals surface area contributed by atoms with E-state index in [9.17, 15) is 10.1 Å². The fourth-order valence-corrected chi connectivity index (χ4v) is 3.06. The first-order valence-electron chi connectivity index (χ1n) is 7.97. The molecule has 0 aliphatic carbocycles. The van der Waals surface area contributed by atoms with Crippen LogP contribution in [0.2, 0.25) is 0 Å². The normalized spacial score (nSPS) is 19.9. The molecule has 1 aromatic carbocycles. The van der Waals surface area contributed by atoms with Crippen molar-refractivity contribution in [2.24, 2.45) is 0 Å². The molecule has 0 bridgehead atoms. The number of benzene rings is 1. The summed E-state index contributed by atoms with van der Waals surface area (Å²) in [6.45, 7) is 2.85. The van der Waals surface area contributed by atoms with Gasteiger partial charge < -0.3 is 15.0 Å². The summed E-state index contributed by atoms with van der Waals surface area (Å²) < 4.78 is 5.72. The number of morpholine rings is 1. The molecular formula is C18H17N5O2. The highest BCUT2D eigenvalue weighted by atomic mass is 16.5. The van der Waals surface area contributed by atoms with Gasteiger partial charge >= 0.3 is 0 Å². The minimum absolute atomic E-state index is 0.0448. The van der Waals surface area contributed by atoms with Crippen LogP contribution in [-0.2, 0) is 9.53 Å². The first kappa shape index (κ1) is 16.7. The number of ether oxygens (including phenoxy) is 1. The highest BCUT2D eigenvalue weighted by Gasteiger charge is 2.31. The van der Waals surface area contributed by atoms with Gasteiger partial charge in [0.1, 0.15) is 12.6 Å². The van der Waals surface area contributed by atoms with Crippen molar-refractivity contribution in [3.8, 4) is 12.1 Å². The fourth-order valence-electron chi connectivity index (χ4n) is 3.06. The molecule has 3 rings (SSSR count). The monoisotopic (exact) mass is 335 g/mol. The maximum absolute atomic E-state index is 12.2.